The van der Waals surface area contributed by atoms with E-state index in [9.17, 15) is 10.2 Å². The Bertz CT molecular complexity index is 795. The van der Waals surface area contributed by atoms with E-state index in [1.807, 2.05) is 6.92 Å². The van der Waals surface area contributed by atoms with Crippen molar-refractivity contribution in [2.45, 2.75) is 125 Å². The minimum atomic E-state index is -0.352. The highest BCUT2D eigenvalue weighted by Gasteiger charge is 2.65. The fourth-order valence-electron chi connectivity index (χ4n) is 9.22. The van der Waals surface area contributed by atoms with Gasteiger partial charge < -0.3 is 10.2 Å². The Morgan fingerprint density at radius 2 is 1.75 bits per heavy atom. The zero-order chi connectivity index (χ0) is 23.7. The van der Waals surface area contributed by atoms with Crippen LogP contribution >= 0.6 is 0 Å². The lowest BCUT2D eigenvalue weighted by Gasteiger charge is -2.69. The van der Waals surface area contributed by atoms with Crippen molar-refractivity contribution in [3.05, 3.63) is 23.8 Å². The number of rotatable bonds is 4. The summed E-state index contributed by atoms with van der Waals surface area (Å²) in [6, 6.07) is 0. The van der Waals surface area contributed by atoms with Crippen LogP contribution in [0.1, 0.15) is 113 Å². The smallest absolute Gasteiger partial charge is 0.0745 e. The van der Waals surface area contributed by atoms with Crippen molar-refractivity contribution < 1.29 is 10.2 Å². The van der Waals surface area contributed by atoms with E-state index in [1.54, 1.807) is 5.57 Å². The molecule has 0 aromatic heterocycles. The molecule has 4 aliphatic carbocycles. The summed E-state index contributed by atoms with van der Waals surface area (Å²) in [5.41, 5.74) is 3.82. The zero-order valence-electron chi connectivity index (χ0n) is 22.1. The standard InChI is InChI=1S/C30H50O2/c1-20(2)23(31)13-14-27(5)15-18-30(8)24-11-9-21-22(10-12-25(32)26(21,3)4)29(24,7)17-16-28(30,6)19-27/h9,22-25,31-32H,1,10-19H2,2-8H3/t22-,23-,24+,25+,27-,28+,29+,30-/m1/s1. The van der Waals surface area contributed by atoms with Gasteiger partial charge in [0, 0.05) is 5.41 Å². The van der Waals surface area contributed by atoms with Gasteiger partial charge in [-0.25, -0.2) is 0 Å². The molecule has 4 aliphatic rings. The summed E-state index contributed by atoms with van der Waals surface area (Å²) in [4.78, 5) is 0. The van der Waals surface area contributed by atoms with Crippen molar-refractivity contribution in [3.8, 4) is 0 Å². The quantitative estimate of drug-likeness (QED) is 0.444. The molecule has 0 spiro atoms. The Labute approximate surface area is 198 Å². The van der Waals surface area contributed by atoms with Crippen molar-refractivity contribution in [3.63, 3.8) is 0 Å². The van der Waals surface area contributed by atoms with E-state index >= 15 is 0 Å². The highest BCUT2D eigenvalue weighted by molar-refractivity contribution is 5.30. The molecular weight excluding hydrogens is 392 g/mol. The van der Waals surface area contributed by atoms with Crippen LogP contribution in [-0.2, 0) is 0 Å². The number of hydrogen-bond donors (Lipinski definition) is 2. The van der Waals surface area contributed by atoms with Gasteiger partial charge in [0.05, 0.1) is 12.2 Å². The average molecular weight is 443 g/mol. The Morgan fingerprint density at radius 3 is 2.41 bits per heavy atom. The first-order valence-electron chi connectivity index (χ1n) is 13.4. The highest BCUT2D eigenvalue weighted by Crippen LogP contribution is 2.73. The van der Waals surface area contributed by atoms with E-state index < -0.39 is 0 Å². The van der Waals surface area contributed by atoms with Gasteiger partial charge >= 0.3 is 0 Å². The zero-order valence-corrected chi connectivity index (χ0v) is 22.1. The molecular formula is C30H50O2. The first-order chi connectivity index (χ1) is 14.7. The van der Waals surface area contributed by atoms with E-state index in [0.717, 1.165) is 37.2 Å². The summed E-state index contributed by atoms with van der Waals surface area (Å²) < 4.78 is 0. The molecule has 8 atom stereocenters. The van der Waals surface area contributed by atoms with Crippen molar-refractivity contribution in [2.75, 3.05) is 0 Å². The van der Waals surface area contributed by atoms with Gasteiger partial charge in [0.1, 0.15) is 0 Å². The summed E-state index contributed by atoms with van der Waals surface area (Å²) in [5, 5.41) is 21.1. The predicted molar refractivity (Wildman–Crippen MR) is 134 cm³/mol. The third-order valence-electron chi connectivity index (χ3n) is 11.9. The van der Waals surface area contributed by atoms with Crippen LogP contribution < -0.4 is 0 Å². The van der Waals surface area contributed by atoms with Crippen LogP contribution in [0.2, 0.25) is 0 Å². The number of allylic oxidation sites excluding steroid dienone is 1. The molecule has 0 radical (unpaired) electrons. The van der Waals surface area contributed by atoms with Gasteiger partial charge in [0.2, 0.25) is 0 Å². The molecule has 0 bridgehead atoms. The van der Waals surface area contributed by atoms with Crippen LogP contribution in [0.25, 0.3) is 0 Å². The van der Waals surface area contributed by atoms with Crippen LogP contribution in [0, 0.1) is 38.9 Å². The molecule has 3 fully saturated rings. The summed E-state index contributed by atoms with van der Waals surface area (Å²) in [5.74, 6) is 1.37. The van der Waals surface area contributed by atoms with Crippen LogP contribution in [0.5, 0.6) is 0 Å². The lowest BCUT2D eigenvalue weighted by molar-refractivity contribution is -0.184. The monoisotopic (exact) mass is 442 g/mol. The van der Waals surface area contributed by atoms with Gasteiger partial charge in [-0.3, -0.25) is 0 Å². The van der Waals surface area contributed by atoms with Gasteiger partial charge in [-0.2, -0.15) is 0 Å². The lowest BCUT2D eigenvalue weighted by Crippen LogP contribution is -2.61. The molecule has 0 aromatic carbocycles. The Balaban J connectivity index is 1.60. The van der Waals surface area contributed by atoms with Crippen LogP contribution in [0.4, 0.5) is 0 Å². The normalized spacial score (nSPS) is 48.7. The van der Waals surface area contributed by atoms with Crippen LogP contribution in [-0.4, -0.2) is 22.4 Å². The molecule has 0 unspecified atom stereocenters. The number of hydrogen-bond acceptors (Lipinski definition) is 2. The average Bonchev–Trinajstić information content (AvgIpc) is 2.71. The second-order valence-corrected chi connectivity index (χ2v) is 14.2. The maximum Gasteiger partial charge on any atom is 0.0745 e. The molecule has 0 heterocycles. The SMILES string of the molecule is C=C(C)[C@H](O)CC[C@]1(C)CC[C@]2(C)[C@H]3CC=C4[C@@H](CC[C@H](O)C4(C)C)[C@]3(C)CC[C@@]2(C)C1. The summed E-state index contributed by atoms with van der Waals surface area (Å²) in [6.07, 6.45) is 13.8. The molecule has 2 nitrogen and oxygen atoms in total. The minimum Gasteiger partial charge on any atom is -0.392 e. The van der Waals surface area contributed by atoms with Gasteiger partial charge in [-0.15, -0.1) is 0 Å². The Hall–Kier alpha value is -0.600. The fraction of sp³-hybridized carbons (Fsp3) is 0.867. The van der Waals surface area contributed by atoms with Crippen molar-refractivity contribution in [1.29, 1.82) is 0 Å². The number of aliphatic hydroxyl groups is 2. The molecule has 4 rings (SSSR count). The third-order valence-corrected chi connectivity index (χ3v) is 11.9. The maximum atomic E-state index is 10.8. The number of fused-ring (bicyclic) bond motifs is 5. The summed E-state index contributed by atoms with van der Waals surface area (Å²) >= 11 is 0. The van der Waals surface area contributed by atoms with Crippen LogP contribution in [0.15, 0.2) is 23.8 Å². The predicted octanol–water partition coefficient (Wildman–Crippen LogP) is 7.45. The first-order valence-corrected chi connectivity index (χ1v) is 13.4. The second kappa shape index (κ2) is 7.70. The van der Waals surface area contributed by atoms with Crippen LogP contribution in [0.3, 0.4) is 0 Å². The molecule has 0 saturated heterocycles. The number of aliphatic hydroxyl groups excluding tert-OH is 2. The first kappa shape index (κ1) is 24.5. The van der Waals surface area contributed by atoms with E-state index in [0.29, 0.717) is 27.6 Å². The van der Waals surface area contributed by atoms with E-state index in [-0.39, 0.29) is 17.6 Å². The Morgan fingerprint density at radius 1 is 1.06 bits per heavy atom. The van der Waals surface area contributed by atoms with Gasteiger partial charge in [-0.05, 0) is 105 Å². The molecule has 0 aromatic rings. The highest BCUT2D eigenvalue weighted by atomic mass is 16.3. The largest absolute Gasteiger partial charge is 0.392 e. The molecule has 2 N–H and O–H groups in total. The molecule has 0 amide bonds. The van der Waals surface area contributed by atoms with E-state index in [1.165, 1.54) is 38.5 Å². The molecule has 2 heteroatoms. The molecule has 182 valence electrons. The lowest BCUT2D eigenvalue weighted by atomic mass is 9.35. The van der Waals surface area contributed by atoms with Crippen molar-refractivity contribution >= 4 is 0 Å². The second-order valence-electron chi connectivity index (χ2n) is 14.2. The van der Waals surface area contributed by atoms with E-state index in [4.69, 9.17) is 0 Å². The van der Waals surface area contributed by atoms with Gasteiger partial charge in [0.25, 0.3) is 0 Å². The topological polar surface area (TPSA) is 40.5 Å². The maximum absolute atomic E-state index is 10.8. The summed E-state index contributed by atoms with van der Waals surface area (Å²) in [6.45, 7) is 20.8. The summed E-state index contributed by atoms with van der Waals surface area (Å²) in [7, 11) is 0. The fourth-order valence-corrected chi connectivity index (χ4v) is 9.22. The Kier molecular flexibility index (Phi) is 5.90. The minimum absolute atomic E-state index is 0.0756. The van der Waals surface area contributed by atoms with E-state index in [2.05, 4.69) is 54.2 Å². The third kappa shape index (κ3) is 3.49. The molecule has 0 aliphatic heterocycles. The molecule has 3 saturated carbocycles. The van der Waals surface area contributed by atoms with Crippen molar-refractivity contribution in [1.82, 2.24) is 0 Å². The molecule has 32 heavy (non-hydrogen) atoms. The van der Waals surface area contributed by atoms with Crippen molar-refractivity contribution in [2.24, 2.45) is 38.9 Å². The van der Waals surface area contributed by atoms with Gasteiger partial charge in [-0.1, -0.05) is 65.3 Å². The van der Waals surface area contributed by atoms with Gasteiger partial charge in [0.15, 0.2) is 0 Å².